The molecule has 5 heteroatoms. The van der Waals surface area contributed by atoms with Gasteiger partial charge in [0.25, 0.3) is 0 Å². The lowest BCUT2D eigenvalue weighted by molar-refractivity contribution is -0.144. The first-order valence-corrected chi connectivity index (χ1v) is 20.4. The van der Waals surface area contributed by atoms with Crippen LogP contribution in [0.2, 0.25) is 13.1 Å². The fraction of sp³-hybridized carbons (Fsp3) is 0.919. The third-order valence-corrected chi connectivity index (χ3v) is 14.9. The number of carbonyl (C=O) groups is 1. The number of aliphatic carboxylic acids is 1. The molecule has 4 rings (SSSR count). The molecule has 42 heavy (non-hydrogen) atoms. The van der Waals surface area contributed by atoms with Crippen LogP contribution in [0.4, 0.5) is 0 Å². The smallest absolute Gasteiger partial charge is 0.306 e. The van der Waals surface area contributed by atoms with Crippen molar-refractivity contribution in [2.24, 2.45) is 75.4 Å². The third-order valence-electron chi connectivity index (χ3n) is 14.0. The Morgan fingerprint density at radius 2 is 1.64 bits per heavy atom. The molecule has 0 saturated heterocycles. The second kappa shape index (κ2) is 12.8. The molecule has 0 spiro atoms. The van der Waals surface area contributed by atoms with E-state index in [1.165, 1.54) is 56.9 Å². The van der Waals surface area contributed by atoms with E-state index in [4.69, 9.17) is 4.43 Å². The monoisotopic (exact) mass is 600 g/mol. The predicted octanol–water partition coefficient (Wildman–Crippen LogP) is 9.06. The molecule has 4 fully saturated rings. The van der Waals surface area contributed by atoms with Gasteiger partial charge in [0.2, 0.25) is 0 Å². The predicted molar refractivity (Wildman–Crippen MR) is 175 cm³/mol. The fourth-order valence-electron chi connectivity index (χ4n) is 11.2. The van der Waals surface area contributed by atoms with Gasteiger partial charge in [0, 0.05) is 12.2 Å². The van der Waals surface area contributed by atoms with Gasteiger partial charge in [0.15, 0.2) is 9.04 Å². The maximum absolute atomic E-state index is 13.1. The Morgan fingerprint density at radius 1 is 0.976 bits per heavy atom. The maximum Gasteiger partial charge on any atom is 0.306 e. The van der Waals surface area contributed by atoms with Crippen LogP contribution in [-0.4, -0.2) is 32.7 Å². The van der Waals surface area contributed by atoms with Crippen molar-refractivity contribution in [1.29, 1.82) is 0 Å². The Bertz CT molecular complexity index is 1010. The van der Waals surface area contributed by atoms with Crippen molar-refractivity contribution in [3.8, 4) is 0 Å². The van der Waals surface area contributed by atoms with Crippen molar-refractivity contribution in [3.63, 3.8) is 0 Å². The van der Waals surface area contributed by atoms with Crippen molar-refractivity contribution >= 4 is 21.0 Å². The number of rotatable bonds is 10. The zero-order chi connectivity index (χ0) is 31.2. The highest BCUT2D eigenvalue weighted by Gasteiger charge is 2.64. The number of fused-ring (bicyclic) bond motifs is 5. The van der Waals surface area contributed by atoms with Crippen molar-refractivity contribution in [3.05, 3.63) is 5.57 Å². The highest BCUT2D eigenvalue weighted by molar-refractivity contribution is 6.48. The minimum atomic E-state index is -1.16. The molecule has 4 aliphatic rings. The van der Waals surface area contributed by atoms with Gasteiger partial charge < -0.3 is 9.53 Å². The summed E-state index contributed by atoms with van der Waals surface area (Å²) in [6.45, 7) is 24.0. The average molecular weight is 601 g/mol. The van der Waals surface area contributed by atoms with Crippen LogP contribution >= 0.6 is 0 Å². The SMILES string of the molecule is CC(CO[SiH](C)C)C(CCC(C)[C@H]1CC[C@H]2[C@@H]3C(=C=O)[C@@H](C(C)C(C)(C)C)[C@@H]4CCCC[C@]4(C)[C@H]3CC[C@]12C)C(=O)O. The Balaban J connectivity index is 1.58. The molecule has 0 heterocycles. The molecule has 0 bridgehead atoms. The van der Waals surface area contributed by atoms with Gasteiger partial charge in [-0.1, -0.05) is 68.2 Å². The fourth-order valence-corrected chi connectivity index (χ4v) is 11.9. The molecule has 4 nitrogen and oxygen atoms in total. The van der Waals surface area contributed by atoms with Gasteiger partial charge in [-0.3, -0.25) is 4.79 Å². The Labute approximate surface area is 259 Å². The molecule has 0 radical (unpaired) electrons. The van der Waals surface area contributed by atoms with Gasteiger partial charge >= 0.3 is 5.97 Å². The molecule has 0 aliphatic heterocycles. The largest absolute Gasteiger partial charge is 0.481 e. The lowest BCUT2D eigenvalue weighted by atomic mass is 9.40. The van der Waals surface area contributed by atoms with Crippen LogP contribution in [0.5, 0.6) is 0 Å². The molecule has 4 aliphatic carbocycles. The van der Waals surface area contributed by atoms with E-state index in [2.05, 4.69) is 74.4 Å². The van der Waals surface area contributed by atoms with E-state index in [0.29, 0.717) is 59.4 Å². The van der Waals surface area contributed by atoms with E-state index in [1.807, 2.05) is 0 Å². The van der Waals surface area contributed by atoms with Crippen molar-refractivity contribution < 1.29 is 19.1 Å². The van der Waals surface area contributed by atoms with Crippen LogP contribution in [0.3, 0.4) is 0 Å². The van der Waals surface area contributed by atoms with Crippen LogP contribution in [0.1, 0.15) is 120 Å². The second-order valence-corrected chi connectivity index (χ2v) is 19.9. The Kier molecular flexibility index (Phi) is 10.4. The van der Waals surface area contributed by atoms with E-state index in [0.717, 1.165) is 12.8 Å². The highest BCUT2D eigenvalue weighted by atomic mass is 28.3. The first-order chi connectivity index (χ1) is 19.6. The second-order valence-electron chi connectivity index (χ2n) is 17.4. The quantitative estimate of drug-likeness (QED) is 0.201. The van der Waals surface area contributed by atoms with Crippen LogP contribution < -0.4 is 0 Å². The normalized spacial score (nSPS) is 39.5. The summed E-state index contributed by atoms with van der Waals surface area (Å²) in [5.41, 5.74) is 1.87. The number of carboxylic acid groups (broad SMARTS) is 1. The van der Waals surface area contributed by atoms with Gasteiger partial charge in [0.05, 0.1) is 5.92 Å². The van der Waals surface area contributed by atoms with Gasteiger partial charge in [-0.15, -0.1) is 0 Å². The zero-order valence-electron chi connectivity index (χ0n) is 28.8. The van der Waals surface area contributed by atoms with E-state index in [-0.39, 0.29) is 22.7 Å². The van der Waals surface area contributed by atoms with Crippen LogP contribution in [0.15, 0.2) is 5.57 Å². The third kappa shape index (κ3) is 6.14. The van der Waals surface area contributed by atoms with Crippen LogP contribution in [0.25, 0.3) is 0 Å². The van der Waals surface area contributed by atoms with E-state index in [1.54, 1.807) is 0 Å². The molecule has 0 aromatic carbocycles. The summed E-state index contributed by atoms with van der Waals surface area (Å²) in [4.78, 5) is 25.4. The molecule has 4 unspecified atom stereocenters. The summed E-state index contributed by atoms with van der Waals surface area (Å²) < 4.78 is 5.93. The summed E-state index contributed by atoms with van der Waals surface area (Å²) >= 11 is 0. The topological polar surface area (TPSA) is 63.6 Å². The van der Waals surface area contributed by atoms with Crippen molar-refractivity contribution in [2.75, 3.05) is 6.61 Å². The number of carboxylic acids is 1. The molecule has 4 saturated carbocycles. The number of hydrogen-bond acceptors (Lipinski definition) is 3. The molecule has 12 atom stereocenters. The van der Waals surface area contributed by atoms with E-state index >= 15 is 0 Å². The standard InChI is InChI=1S/C37H64O4Si/c1-23(14-15-26(34(39)40)24(2)22-41-42(9)10)28-16-17-30-33-27(21-38)32(25(3)35(4,5)6)29-13-11-12-19-36(29,7)31(33)18-20-37(28,30)8/h23-26,28-33,42H,11-20,22H2,1-10H3,(H,39,40)/t23?,24?,25?,26?,28-,29+,30+,31+,32-,33+,36+,37-/m1/s1. The molecular weight excluding hydrogens is 536 g/mol. The Hall–Kier alpha value is -0.903. The van der Waals surface area contributed by atoms with E-state index in [9.17, 15) is 14.7 Å². The van der Waals surface area contributed by atoms with Crippen molar-refractivity contribution in [1.82, 2.24) is 0 Å². The maximum atomic E-state index is 13.1. The lowest BCUT2D eigenvalue weighted by Gasteiger charge is -2.64. The van der Waals surface area contributed by atoms with Gasteiger partial charge in [-0.2, -0.15) is 0 Å². The first kappa shape index (κ1) is 34.0. The number of carbonyl (C=O) groups excluding carboxylic acids is 1. The molecule has 0 aromatic rings. The summed E-state index contributed by atoms with van der Waals surface area (Å²) in [6.07, 6.45) is 11.8. The first-order valence-electron chi connectivity index (χ1n) is 17.7. The van der Waals surface area contributed by atoms with Gasteiger partial charge in [-0.25, -0.2) is 4.79 Å². The molecule has 0 amide bonds. The summed E-state index contributed by atoms with van der Waals surface area (Å²) in [5.74, 6) is 5.76. The van der Waals surface area contributed by atoms with Gasteiger partial charge in [-0.05, 0) is 134 Å². The highest BCUT2D eigenvalue weighted by Crippen LogP contribution is 2.71. The summed E-state index contributed by atoms with van der Waals surface area (Å²) in [6, 6.07) is 0. The van der Waals surface area contributed by atoms with Crippen LogP contribution in [-0.2, 0) is 14.0 Å². The number of hydrogen-bond donors (Lipinski definition) is 1. The number of allylic oxidation sites excluding steroid dienone is 1. The molecule has 1 N–H and O–H groups in total. The van der Waals surface area contributed by atoms with Gasteiger partial charge in [0.1, 0.15) is 5.94 Å². The minimum Gasteiger partial charge on any atom is -0.481 e. The molecular formula is C37H64O4Si. The Morgan fingerprint density at radius 3 is 2.24 bits per heavy atom. The lowest BCUT2D eigenvalue weighted by Crippen LogP contribution is -2.58. The molecule has 240 valence electrons. The van der Waals surface area contributed by atoms with Crippen LogP contribution in [0, 0.1) is 75.4 Å². The summed E-state index contributed by atoms with van der Waals surface area (Å²) in [5, 5.41) is 10.1. The van der Waals surface area contributed by atoms with Crippen molar-refractivity contribution in [2.45, 2.75) is 133 Å². The minimum absolute atomic E-state index is 0.0420. The molecule has 0 aromatic heterocycles. The average Bonchev–Trinajstić information content (AvgIpc) is 3.27. The van der Waals surface area contributed by atoms with E-state index < -0.39 is 15.0 Å². The summed E-state index contributed by atoms with van der Waals surface area (Å²) in [7, 11) is -1.16. The zero-order valence-corrected chi connectivity index (χ0v) is 30.0.